The summed E-state index contributed by atoms with van der Waals surface area (Å²) in [6.07, 6.45) is 1.20. The van der Waals surface area contributed by atoms with Crippen molar-refractivity contribution >= 4 is 21.6 Å². The zero-order valence-corrected chi connectivity index (χ0v) is 21.6. The van der Waals surface area contributed by atoms with Crippen LogP contribution in [0.5, 0.6) is 0 Å². The standard InChI is InChI=1S/C28H33N3O4S/c1-22-4-3-5-27(18-22)31(36(2,33)34)21-25-10-12-26(13-11-25)28(32)29-19-23-6-8-24(9-7-23)20-30-14-16-35-17-15-30/h3-13,18H,14-17,19-21H2,1-2H3,(H,29,32). The topological polar surface area (TPSA) is 79.0 Å². The summed E-state index contributed by atoms with van der Waals surface area (Å²) in [4.78, 5) is 15.0. The lowest BCUT2D eigenvalue weighted by Gasteiger charge is -2.26. The predicted octanol–water partition coefficient (Wildman–Crippen LogP) is 3.72. The van der Waals surface area contributed by atoms with E-state index in [1.807, 2.05) is 37.3 Å². The Morgan fingerprint density at radius 2 is 1.58 bits per heavy atom. The van der Waals surface area contributed by atoms with Crippen LogP contribution < -0.4 is 9.62 Å². The molecule has 0 unspecified atom stereocenters. The number of benzene rings is 3. The fourth-order valence-corrected chi connectivity index (χ4v) is 5.05. The van der Waals surface area contributed by atoms with Gasteiger partial charge in [0.15, 0.2) is 0 Å². The third-order valence-corrected chi connectivity index (χ3v) is 7.36. The summed E-state index contributed by atoms with van der Waals surface area (Å²) in [5, 5.41) is 2.96. The molecule has 36 heavy (non-hydrogen) atoms. The number of ether oxygens (including phenoxy) is 1. The zero-order valence-electron chi connectivity index (χ0n) is 20.8. The molecule has 0 aliphatic carbocycles. The number of morpholine rings is 1. The first-order chi connectivity index (χ1) is 17.3. The number of amides is 1. The van der Waals surface area contributed by atoms with E-state index in [2.05, 4.69) is 22.3 Å². The van der Waals surface area contributed by atoms with Crippen molar-refractivity contribution in [2.45, 2.75) is 26.6 Å². The Morgan fingerprint density at radius 3 is 2.22 bits per heavy atom. The number of nitrogens with zero attached hydrogens (tertiary/aromatic N) is 2. The van der Waals surface area contributed by atoms with Gasteiger partial charge < -0.3 is 10.1 Å². The molecule has 0 bridgehead atoms. The summed E-state index contributed by atoms with van der Waals surface area (Å²) in [6.45, 7) is 6.94. The summed E-state index contributed by atoms with van der Waals surface area (Å²) in [7, 11) is -3.46. The molecule has 1 N–H and O–H groups in total. The minimum atomic E-state index is -3.46. The highest BCUT2D eigenvalue weighted by molar-refractivity contribution is 7.92. The van der Waals surface area contributed by atoms with Crippen LogP contribution in [0.25, 0.3) is 0 Å². The summed E-state index contributed by atoms with van der Waals surface area (Å²) in [5.41, 5.74) is 5.22. The molecule has 1 amide bonds. The van der Waals surface area contributed by atoms with Crippen LogP contribution in [0, 0.1) is 6.92 Å². The molecule has 3 aromatic rings. The highest BCUT2D eigenvalue weighted by Crippen LogP contribution is 2.22. The molecule has 0 radical (unpaired) electrons. The number of rotatable bonds is 9. The first-order valence-electron chi connectivity index (χ1n) is 12.1. The van der Waals surface area contributed by atoms with E-state index in [9.17, 15) is 13.2 Å². The van der Waals surface area contributed by atoms with Crippen LogP contribution in [0.3, 0.4) is 0 Å². The van der Waals surface area contributed by atoms with Crippen molar-refractivity contribution in [3.8, 4) is 0 Å². The Bertz CT molecular complexity index is 1270. The van der Waals surface area contributed by atoms with Crippen LogP contribution >= 0.6 is 0 Å². The first kappa shape index (κ1) is 25.9. The summed E-state index contributed by atoms with van der Waals surface area (Å²) in [6, 6.07) is 22.7. The number of carbonyl (C=O) groups is 1. The van der Waals surface area contributed by atoms with E-state index in [0.717, 1.165) is 49.5 Å². The van der Waals surface area contributed by atoms with E-state index < -0.39 is 10.0 Å². The summed E-state index contributed by atoms with van der Waals surface area (Å²) in [5.74, 6) is -0.169. The van der Waals surface area contributed by atoms with Crippen LogP contribution in [0.2, 0.25) is 0 Å². The van der Waals surface area contributed by atoms with E-state index >= 15 is 0 Å². The van der Waals surface area contributed by atoms with E-state index in [-0.39, 0.29) is 12.5 Å². The van der Waals surface area contributed by atoms with E-state index in [1.165, 1.54) is 16.1 Å². The molecular formula is C28H33N3O4S. The minimum Gasteiger partial charge on any atom is -0.379 e. The molecule has 0 saturated carbocycles. The minimum absolute atomic E-state index is 0.169. The van der Waals surface area contributed by atoms with Crippen LogP contribution in [-0.4, -0.2) is 51.8 Å². The Kier molecular flexibility index (Phi) is 8.40. The highest BCUT2D eigenvalue weighted by atomic mass is 32.2. The smallest absolute Gasteiger partial charge is 0.251 e. The van der Waals surface area contributed by atoms with Gasteiger partial charge in [-0.3, -0.25) is 14.0 Å². The molecule has 1 aliphatic rings. The second-order valence-electron chi connectivity index (χ2n) is 9.19. The number of aryl methyl sites for hydroxylation is 1. The molecule has 0 spiro atoms. The van der Waals surface area contributed by atoms with E-state index in [0.29, 0.717) is 17.8 Å². The predicted molar refractivity (Wildman–Crippen MR) is 142 cm³/mol. The SMILES string of the molecule is Cc1cccc(N(Cc2ccc(C(=O)NCc3ccc(CN4CCOCC4)cc3)cc2)S(C)(=O)=O)c1. The van der Waals surface area contributed by atoms with Crippen molar-refractivity contribution in [3.63, 3.8) is 0 Å². The first-order valence-corrected chi connectivity index (χ1v) is 13.9. The number of hydrogen-bond acceptors (Lipinski definition) is 5. The maximum Gasteiger partial charge on any atom is 0.251 e. The van der Waals surface area contributed by atoms with Crippen molar-refractivity contribution in [2.24, 2.45) is 0 Å². The molecule has 8 heteroatoms. The van der Waals surface area contributed by atoms with Gasteiger partial charge >= 0.3 is 0 Å². The number of carbonyl (C=O) groups excluding carboxylic acids is 1. The second-order valence-corrected chi connectivity index (χ2v) is 11.1. The molecule has 3 aromatic carbocycles. The van der Waals surface area contributed by atoms with Crippen LogP contribution in [-0.2, 0) is 34.4 Å². The van der Waals surface area contributed by atoms with Gasteiger partial charge in [-0.15, -0.1) is 0 Å². The van der Waals surface area contributed by atoms with Crippen molar-refractivity contribution in [2.75, 3.05) is 36.9 Å². The Balaban J connectivity index is 1.33. The van der Waals surface area contributed by atoms with Gasteiger partial charge in [-0.25, -0.2) is 8.42 Å². The van der Waals surface area contributed by atoms with E-state index in [4.69, 9.17) is 4.74 Å². The van der Waals surface area contributed by atoms with Gasteiger partial charge in [0, 0.05) is 31.7 Å². The number of anilines is 1. The molecule has 4 rings (SSSR count). The number of nitrogens with one attached hydrogen (secondary N) is 1. The number of hydrogen-bond donors (Lipinski definition) is 1. The van der Waals surface area contributed by atoms with Crippen molar-refractivity contribution in [3.05, 3.63) is 101 Å². The molecule has 0 aromatic heterocycles. The van der Waals surface area contributed by atoms with Crippen molar-refractivity contribution in [1.82, 2.24) is 10.2 Å². The van der Waals surface area contributed by atoms with Crippen LogP contribution in [0.1, 0.15) is 32.6 Å². The lowest BCUT2D eigenvalue weighted by Crippen LogP contribution is -2.35. The van der Waals surface area contributed by atoms with Gasteiger partial charge in [-0.2, -0.15) is 0 Å². The van der Waals surface area contributed by atoms with Gasteiger partial charge in [-0.05, 0) is 53.4 Å². The zero-order chi connectivity index (χ0) is 25.5. The van der Waals surface area contributed by atoms with Crippen molar-refractivity contribution in [1.29, 1.82) is 0 Å². The van der Waals surface area contributed by atoms with Crippen LogP contribution in [0.15, 0.2) is 72.8 Å². The third-order valence-electron chi connectivity index (χ3n) is 6.22. The molecule has 1 heterocycles. The Labute approximate surface area is 213 Å². The van der Waals surface area contributed by atoms with Crippen molar-refractivity contribution < 1.29 is 17.9 Å². The summed E-state index contributed by atoms with van der Waals surface area (Å²) >= 11 is 0. The largest absolute Gasteiger partial charge is 0.379 e. The Hall–Kier alpha value is -3.20. The van der Waals surface area contributed by atoms with Gasteiger partial charge in [0.25, 0.3) is 5.91 Å². The molecule has 1 fully saturated rings. The highest BCUT2D eigenvalue weighted by Gasteiger charge is 2.18. The molecule has 0 atom stereocenters. The maximum atomic E-state index is 12.7. The third kappa shape index (κ3) is 7.16. The van der Waals surface area contributed by atoms with Gasteiger partial charge in [0.1, 0.15) is 0 Å². The van der Waals surface area contributed by atoms with E-state index in [1.54, 1.807) is 30.3 Å². The normalized spacial score (nSPS) is 14.4. The molecular weight excluding hydrogens is 474 g/mol. The molecule has 7 nitrogen and oxygen atoms in total. The number of sulfonamides is 1. The van der Waals surface area contributed by atoms with Gasteiger partial charge in [0.05, 0.1) is 31.7 Å². The van der Waals surface area contributed by atoms with Gasteiger partial charge in [-0.1, -0.05) is 48.5 Å². The molecule has 1 aliphatic heterocycles. The lowest BCUT2D eigenvalue weighted by atomic mass is 10.1. The quantitative estimate of drug-likeness (QED) is 0.478. The summed E-state index contributed by atoms with van der Waals surface area (Å²) < 4.78 is 31.6. The lowest BCUT2D eigenvalue weighted by molar-refractivity contribution is 0.0342. The molecule has 1 saturated heterocycles. The monoisotopic (exact) mass is 507 g/mol. The maximum absolute atomic E-state index is 12.7. The fraction of sp³-hybridized carbons (Fsp3) is 0.321. The Morgan fingerprint density at radius 1 is 0.944 bits per heavy atom. The molecule has 190 valence electrons. The average molecular weight is 508 g/mol. The fourth-order valence-electron chi connectivity index (χ4n) is 4.17. The van der Waals surface area contributed by atoms with Gasteiger partial charge in [0.2, 0.25) is 10.0 Å². The van der Waals surface area contributed by atoms with Crippen LogP contribution in [0.4, 0.5) is 5.69 Å². The second kappa shape index (κ2) is 11.7. The average Bonchev–Trinajstić information content (AvgIpc) is 2.87.